The van der Waals surface area contributed by atoms with Gasteiger partial charge < -0.3 is 5.32 Å². The monoisotopic (exact) mass is 200 g/mol. The predicted molar refractivity (Wildman–Crippen MR) is 64.8 cm³/mol. The van der Waals surface area contributed by atoms with Gasteiger partial charge in [0, 0.05) is 18.1 Å². The van der Waals surface area contributed by atoms with Gasteiger partial charge in [-0.05, 0) is 40.3 Å². The van der Waals surface area contributed by atoms with E-state index in [0.29, 0.717) is 6.04 Å². The third kappa shape index (κ3) is 5.61. The third-order valence-electron chi connectivity index (χ3n) is 2.67. The number of likely N-dealkylation sites (N-methyl/N-ethyl adjacent to an activating group) is 1. The topological polar surface area (TPSA) is 15.3 Å². The van der Waals surface area contributed by atoms with Crippen LogP contribution in [0.1, 0.15) is 48.0 Å². The largest absolute Gasteiger partial charge is 0.311 e. The lowest BCUT2D eigenvalue weighted by Crippen LogP contribution is -2.47. The average Bonchev–Trinajstić information content (AvgIpc) is 2.10. The van der Waals surface area contributed by atoms with Crippen molar-refractivity contribution >= 4 is 0 Å². The van der Waals surface area contributed by atoms with E-state index in [1.165, 1.54) is 6.42 Å². The van der Waals surface area contributed by atoms with Crippen LogP contribution in [-0.2, 0) is 0 Å². The van der Waals surface area contributed by atoms with Crippen LogP contribution in [0.4, 0.5) is 0 Å². The van der Waals surface area contributed by atoms with Crippen molar-refractivity contribution in [2.45, 2.75) is 59.5 Å². The Bertz CT molecular complexity index is 134. The fourth-order valence-corrected chi connectivity index (χ4v) is 1.70. The molecule has 0 aromatic carbocycles. The molecule has 0 saturated heterocycles. The van der Waals surface area contributed by atoms with Gasteiger partial charge in [0.05, 0.1) is 0 Å². The molecule has 14 heavy (non-hydrogen) atoms. The Labute approximate surface area is 90.1 Å². The van der Waals surface area contributed by atoms with E-state index in [1.54, 1.807) is 0 Å². The molecule has 0 rings (SSSR count). The Morgan fingerprint density at radius 2 is 1.57 bits per heavy atom. The summed E-state index contributed by atoms with van der Waals surface area (Å²) in [5, 5.41) is 3.58. The van der Waals surface area contributed by atoms with Crippen molar-refractivity contribution in [2.75, 3.05) is 19.6 Å². The van der Waals surface area contributed by atoms with Crippen LogP contribution in [0.15, 0.2) is 0 Å². The van der Waals surface area contributed by atoms with Crippen LogP contribution in [0.5, 0.6) is 0 Å². The molecule has 0 aliphatic heterocycles. The summed E-state index contributed by atoms with van der Waals surface area (Å²) in [5.41, 5.74) is 0.237. The van der Waals surface area contributed by atoms with E-state index in [2.05, 4.69) is 51.8 Å². The molecule has 0 saturated carbocycles. The fourth-order valence-electron chi connectivity index (χ4n) is 1.70. The highest BCUT2D eigenvalue weighted by atomic mass is 15.2. The molecule has 0 aromatic rings. The molecule has 1 unspecified atom stereocenters. The number of nitrogens with one attached hydrogen (secondary N) is 1. The van der Waals surface area contributed by atoms with Gasteiger partial charge in [-0.1, -0.05) is 20.8 Å². The fraction of sp³-hybridized carbons (Fsp3) is 1.00. The molecule has 0 aliphatic carbocycles. The molecule has 1 atom stereocenters. The zero-order valence-corrected chi connectivity index (χ0v) is 10.9. The van der Waals surface area contributed by atoms with E-state index in [1.807, 2.05) is 0 Å². The average molecular weight is 200 g/mol. The SMILES string of the molecule is CCC(CNC(C)(C)C)N(CC)CC. The minimum Gasteiger partial charge on any atom is -0.311 e. The third-order valence-corrected chi connectivity index (χ3v) is 2.67. The summed E-state index contributed by atoms with van der Waals surface area (Å²) in [5.74, 6) is 0. The maximum atomic E-state index is 3.58. The van der Waals surface area contributed by atoms with E-state index >= 15 is 0 Å². The van der Waals surface area contributed by atoms with Gasteiger partial charge in [0.15, 0.2) is 0 Å². The second kappa shape index (κ2) is 6.41. The van der Waals surface area contributed by atoms with Crippen LogP contribution < -0.4 is 5.32 Å². The highest BCUT2D eigenvalue weighted by molar-refractivity contribution is 4.77. The Morgan fingerprint density at radius 3 is 1.86 bits per heavy atom. The van der Waals surface area contributed by atoms with Gasteiger partial charge >= 0.3 is 0 Å². The molecular formula is C12H28N2. The van der Waals surface area contributed by atoms with Gasteiger partial charge in [0.1, 0.15) is 0 Å². The van der Waals surface area contributed by atoms with Crippen molar-refractivity contribution in [1.82, 2.24) is 10.2 Å². The van der Waals surface area contributed by atoms with Gasteiger partial charge in [-0.25, -0.2) is 0 Å². The second-order valence-electron chi connectivity index (χ2n) is 4.91. The molecule has 0 bridgehead atoms. The molecule has 86 valence electrons. The van der Waals surface area contributed by atoms with Crippen molar-refractivity contribution < 1.29 is 0 Å². The first kappa shape index (κ1) is 13.9. The Kier molecular flexibility index (Phi) is 6.38. The van der Waals surface area contributed by atoms with Gasteiger partial charge in [-0.3, -0.25) is 4.90 Å². The summed E-state index contributed by atoms with van der Waals surface area (Å²) in [6.45, 7) is 16.8. The smallest absolute Gasteiger partial charge is 0.0217 e. The Balaban J connectivity index is 4.01. The zero-order chi connectivity index (χ0) is 11.2. The summed E-state index contributed by atoms with van der Waals surface area (Å²) in [6, 6.07) is 0.684. The first-order valence-electron chi connectivity index (χ1n) is 5.93. The standard InChI is InChI=1S/C12H28N2/c1-7-11(14(8-2)9-3)10-13-12(4,5)6/h11,13H,7-10H2,1-6H3. The van der Waals surface area contributed by atoms with Crippen LogP contribution in [0.2, 0.25) is 0 Å². The van der Waals surface area contributed by atoms with Crippen LogP contribution in [0, 0.1) is 0 Å². The predicted octanol–water partition coefficient (Wildman–Crippen LogP) is 2.49. The van der Waals surface area contributed by atoms with Crippen molar-refractivity contribution in [3.8, 4) is 0 Å². The summed E-state index contributed by atoms with van der Waals surface area (Å²) < 4.78 is 0. The maximum absolute atomic E-state index is 3.58. The lowest BCUT2D eigenvalue weighted by Gasteiger charge is -2.32. The van der Waals surface area contributed by atoms with Crippen molar-refractivity contribution in [3.63, 3.8) is 0 Å². The molecular weight excluding hydrogens is 172 g/mol. The first-order valence-corrected chi connectivity index (χ1v) is 5.93. The number of nitrogens with zero attached hydrogens (tertiary/aromatic N) is 1. The van der Waals surface area contributed by atoms with E-state index in [-0.39, 0.29) is 5.54 Å². The van der Waals surface area contributed by atoms with E-state index in [0.717, 1.165) is 19.6 Å². The molecule has 0 aliphatic rings. The van der Waals surface area contributed by atoms with Crippen LogP contribution in [0.3, 0.4) is 0 Å². The molecule has 0 heterocycles. The summed E-state index contributed by atoms with van der Waals surface area (Å²) in [7, 11) is 0. The van der Waals surface area contributed by atoms with Gasteiger partial charge in [0.25, 0.3) is 0 Å². The van der Waals surface area contributed by atoms with Gasteiger partial charge in [-0.2, -0.15) is 0 Å². The number of hydrogen-bond acceptors (Lipinski definition) is 2. The molecule has 0 aromatic heterocycles. The van der Waals surface area contributed by atoms with Crippen molar-refractivity contribution in [2.24, 2.45) is 0 Å². The number of hydrogen-bond donors (Lipinski definition) is 1. The van der Waals surface area contributed by atoms with Crippen LogP contribution in [0.25, 0.3) is 0 Å². The Hall–Kier alpha value is -0.0800. The van der Waals surface area contributed by atoms with Crippen LogP contribution in [-0.4, -0.2) is 36.1 Å². The summed E-state index contributed by atoms with van der Waals surface area (Å²) in [4.78, 5) is 2.53. The molecule has 0 spiro atoms. The van der Waals surface area contributed by atoms with E-state index in [9.17, 15) is 0 Å². The zero-order valence-electron chi connectivity index (χ0n) is 10.9. The molecule has 0 fully saturated rings. The van der Waals surface area contributed by atoms with Crippen molar-refractivity contribution in [1.29, 1.82) is 0 Å². The minimum atomic E-state index is 0.237. The van der Waals surface area contributed by atoms with Gasteiger partial charge in [0.2, 0.25) is 0 Å². The number of rotatable bonds is 6. The lowest BCUT2D eigenvalue weighted by atomic mass is 10.1. The highest BCUT2D eigenvalue weighted by Crippen LogP contribution is 2.05. The quantitative estimate of drug-likeness (QED) is 0.708. The lowest BCUT2D eigenvalue weighted by molar-refractivity contribution is 0.195. The minimum absolute atomic E-state index is 0.237. The molecule has 0 radical (unpaired) electrons. The second-order valence-corrected chi connectivity index (χ2v) is 4.91. The normalized spacial score (nSPS) is 14.8. The molecule has 2 heteroatoms. The van der Waals surface area contributed by atoms with Crippen molar-refractivity contribution in [3.05, 3.63) is 0 Å². The first-order chi connectivity index (χ1) is 6.44. The summed E-state index contributed by atoms with van der Waals surface area (Å²) >= 11 is 0. The molecule has 2 nitrogen and oxygen atoms in total. The highest BCUT2D eigenvalue weighted by Gasteiger charge is 2.16. The Morgan fingerprint density at radius 1 is 1.07 bits per heavy atom. The molecule has 0 amide bonds. The van der Waals surface area contributed by atoms with Crippen LogP contribution >= 0.6 is 0 Å². The van der Waals surface area contributed by atoms with E-state index < -0.39 is 0 Å². The molecule has 1 N–H and O–H groups in total. The van der Waals surface area contributed by atoms with Gasteiger partial charge in [-0.15, -0.1) is 0 Å². The maximum Gasteiger partial charge on any atom is 0.0217 e. The van der Waals surface area contributed by atoms with E-state index in [4.69, 9.17) is 0 Å². The summed E-state index contributed by atoms with van der Waals surface area (Å²) in [6.07, 6.45) is 1.23.